The van der Waals surface area contributed by atoms with E-state index in [0.29, 0.717) is 17.7 Å². The first kappa shape index (κ1) is 14.1. The predicted molar refractivity (Wildman–Crippen MR) is 49.7 cm³/mol. The molecule has 1 aliphatic heterocycles. The fourth-order valence-corrected chi connectivity index (χ4v) is 1.72. The predicted octanol–water partition coefficient (Wildman–Crippen LogP) is 1.39. The Morgan fingerprint density at radius 2 is 1.88 bits per heavy atom. The van der Waals surface area contributed by atoms with Gasteiger partial charge in [-0.1, -0.05) is 0 Å². The van der Waals surface area contributed by atoms with Crippen molar-refractivity contribution in [2.75, 3.05) is 20.1 Å². The van der Waals surface area contributed by atoms with E-state index in [-0.39, 0.29) is 19.1 Å². The number of carbonyl (C=O) groups is 1. The van der Waals surface area contributed by atoms with Crippen molar-refractivity contribution in [1.82, 2.24) is 10.2 Å². The Bertz CT molecular complexity index is 292. The highest BCUT2D eigenvalue weighted by molar-refractivity contribution is 5.84. The lowest BCUT2D eigenvalue weighted by Gasteiger charge is -2.34. The highest BCUT2D eigenvalue weighted by Gasteiger charge is 2.64. The molecule has 8 heteroatoms. The summed E-state index contributed by atoms with van der Waals surface area (Å²) >= 11 is 0. The van der Waals surface area contributed by atoms with E-state index >= 15 is 0 Å². The first-order chi connectivity index (χ1) is 7.70. The van der Waals surface area contributed by atoms with Crippen LogP contribution in [0.25, 0.3) is 0 Å². The number of hydrogen-bond donors (Lipinski definition) is 1. The van der Waals surface area contributed by atoms with Gasteiger partial charge < -0.3 is 10.2 Å². The van der Waals surface area contributed by atoms with Crippen molar-refractivity contribution >= 4 is 5.91 Å². The van der Waals surface area contributed by atoms with Crippen molar-refractivity contribution < 1.29 is 26.7 Å². The Morgan fingerprint density at radius 3 is 2.35 bits per heavy atom. The highest BCUT2D eigenvalue weighted by Crippen LogP contribution is 2.37. The molecular formula is C9H13F5N2O. The number of nitrogens with one attached hydrogen (secondary N) is 1. The second kappa shape index (κ2) is 4.75. The molecule has 0 bridgehead atoms. The molecule has 0 saturated carbocycles. The number of halogens is 5. The topological polar surface area (TPSA) is 32.3 Å². The van der Waals surface area contributed by atoms with Gasteiger partial charge in [0.05, 0.1) is 0 Å². The summed E-state index contributed by atoms with van der Waals surface area (Å²) in [7, 11) is 1.57. The first-order valence-electron chi connectivity index (χ1n) is 5.11. The number of nitrogens with zero attached hydrogens (tertiary/aromatic N) is 1. The summed E-state index contributed by atoms with van der Waals surface area (Å²) in [6.07, 6.45) is -4.78. The number of piperidine rings is 1. The Balaban J connectivity index is 2.76. The van der Waals surface area contributed by atoms with Gasteiger partial charge >= 0.3 is 18.0 Å². The molecule has 1 unspecified atom stereocenters. The molecule has 100 valence electrons. The summed E-state index contributed by atoms with van der Waals surface area (Å²) in [5, 5.41) is 2.76. The van der Waals surface area contributed by atoms with E-state index in [4.69, 9.17) is 0 Å². The van der Waals surface area contributed by atoms with Crippen LogP contribution >= 0.6 is 0 Å². The quantitative estimate of drug-likeness (QED) is 0.761. The fraction of sp³-hybridized carbons (Fsp3) is 0.889. The van der Waals surface area contributed by atoms with Crippen molar-refractivity contribution in [1.29, 1.82) is 0 Å². The lowest BCUT2D eigenvalue weighted by molar-refractivity contribution is -0.274. The monoisotopic (exact) mass is 260 g/mol. The molecule has 1 atom stereocenters. The zero-order chi connectivity index (χ0) is 13.3. The summed E-state index contributed by atoms with van der Waals surface area (Å²) in [5.41, 5.74) is 0. The maximum atomic E-state index is 12.8. The number of amides is 1. The maximum absolute atomic E-state index is 12.8. The van der Waals surface area contributed by atoms with Crippen LogP contribution in [0.4, 0.5) is 22.0 Å². The molecule has 0 aliphatic carbocycles. The van der Waals surface area contributed by atoms with E-state index in [2.05, 4.69) is 5.32 Å². The van der Waals surface area contributed by atoms with Crippen molar-refractivity contribution in [2.45, 2.75) is 31.0 Å². The molecule has 1 saturated heterocycles. The zero-order valence-electron chi connectivity index (χ0n) is 9.15. The molecule has 3 nitrogen and oxygen atoms in total. The second-order valence-electron chi connectivity index (χ2n) is 3.95. The van der Waals surface area contributed by atoms with E-state index in [0.717, 1.165) is 0 Å². The van der Waals surface area contributed by atoms with Gasteiger partial charge in [0.25, 0.3) is 0 Å². The Hall–Kier alpha value is -0.920. The fourth-order valence-electron chi connectivity index (χ4n) is 1.72. The van der Waals surface area contributed by atoms with Gasteiger partial charge in [-0.05, 0) is 19.9 Å². The van der Waals surface area contributed by atoms with Crippen LogP contribution in [0.3, 0.4) is 0 Å². The SMILES string of the molecule is CNC1CCCN(C(=O)C(F)(F)C(F)(F)F)C1. The molecular weight excluding hydrogens is 247 g/mol. The number of alkyl halides is 5. The van der Waals surface area contributed by atoms with E-state index in [1.165, 1.54) is 0 Å². The Morgan fingerprint density at radius 1 is 1.29 bits per heavy atom. The molecule has 1 N–H and O–H groups in total. The van der Waals surface area contributed by atoms with Crippen LogP contribution in [0.15, 0.2) is 0 Å². The van der Waals surface area contributed by atoms with E-state index in [1.807, 2.05) is 0 Å². The minimum Gasteiger partial charge on any atom is -0.336 e. The van der Waals surface area contributed by atoms with Gasteiger partial charge in [0.15, 0.2) is 0 Å². The summed E-state index contributed by atoms with van der Waals surface area (Å²) < 4.78 is 61.6. The average molecular weight is 260 g/mol. The largest absolute Gasteiger partial charge is 0.463 e. The van der Waals surface area contributed by atoms with Crippen molar-refractivity contribution in [3.63, 3.8) is 0 Å². The van der Waals surface area contributed by atoms with Gasteiger partial charge in [0.1, 0.15) is 0 Å². The third-order valence-electron chi connectivity index (χ3n) is 2.74. The molecule has 0 aromatic carbocycles. The van der Waals surface area contributed by atoms with Crippen LogP contribution in [0, 0.1) is 0 Å². The Labute approximate surface area is 95.0 Å². The maximum Gasteiger partial charge on any atom is 0.463 e. The average Bonchev–Trinajstić information content (AvgIpc) is 2.26. The zero-order valence-corrected chi connectivity index (χ0v) is 9.15. The van der Waals surface area contributed by atoms with Gasteiger partial charge in [-0.15, -0.1) is 0 Å². The standard InChI is InChI=1S/C9H13F5N2O/c1-15-6-3-2-4-16(5-6)7(17)8(10,11)9(12,13)14/h6,15H,2-5H2,1H3. The van der Waals surface area contributed by atoms with Crippen LogP contribution in [0.2, 0.25) is 0 Å². The first-order valence-corrected chi connectivity index (χ1v) is 5.11. The third-order valence-corrected chi connectivity index (χ3v) is 2.74. The minimum absolute atomic E-state index is 0.0668. The van der Waals surface area contributed by atoms with Gasteiger partial charge in [0.2, 0.25) is 0 Å². The number of likely N-dealkylation sites (tertiary alicyclic amines) is 1. The van der Waals surface area contributed by atoms with Crippen LogP contribution in [-0.2, 0) is 4.79 Å². The summed E-state index contributed by atoms with van der Waals surface area (Å²) in [4.78, 5) is 11.7. The molecule has 1 rings (SSSR count). The number of rotatable bonds is 2. The molecule has 0 aromatic rings. The summed E-state index contributed by atoms with van der Waals surface area (Å²) in [6.45, 7) is -0.191. The molecule has 0 spiro atoms. The lowest BCUT2D eigenvalue weighted by atomic mass is 10.1. The smallest absolute Gasteiger partial charge is 0.336 e. The second-order valence-corrected chi connectivity index (χ2v) is 3.95. The van der Waals surface area contributed by atoms with E-state index in [1.54, 1.807) is 7.05 Å². The number of carbonyl (C=O) groups excluding carboxylic acids is 1. The van der Waals surface area contributed by atoms with Gasteiger partial charge in [-0.2, -0.15) is 22.0 Å². The molecule has 1 fully saturated rings. The summed E-state index contributed by atoms with van der Waals surface area (Å²) in [6, 6.07) is -0.239. The van der Waals surface area contributed by atoms with Crippen LogP contribution in [0.1, 0.15) is 12.8 Å². The van der Waals surface area contributed by atoms with E-state index < -0.39 is 18.0 Å². The van der Waals surface area contributed by atoms with Gasteiger partial charge in [-0.3, -0.25) is 4.79 Å². The lowest BCUT2D eigenvalue weighted by Crippen LogP contribution is -2.56. The molecule has 1 heterocycles. The van der Waals surface area contributed by atoms with Crippen LogP contribution in [-0.4, -0.2) is 49.1 Å². The Kier molecular flexibility index (Phi) is 3.95. The summed E-state index contributed by atoms with van der Waals surface area (Å²) in [5.74, 6) is -7.47. The van der Waals surface area contributed by atoms with E-state index in [9.17, 15) is 26.7 Å². The van der Waals surface area contributed by atoms with Crippen LogP contribution in [0.5, 0.6) is 0 Å². The molecule has 0 radical (unpaired) electrons. The van der Waals surface area contributed by atoms with Crippen LogP contribution < -0.4 is 5.32 Å². The van der Waals surface area contributed by atoms with Crippen molar-refractivity contribution in [3.8, 4) is 0 Å². The third kappa shape index (κ3) is 2.85. The number of likely N-dealkylation sites (N-methyl/N-ethyl adjacent to an activating group) is 1. The molecule has 0 aromatic heterocycles. The minimum atomic E-state index is -5.84. The van der Waals surface area contributed by atoms with Gasteiger partial charge in [-0.25, -0.2) is 0 Å². The van der Waals surface area contributed by atoms with Crippen molar-refractivity contribution in [2.24, 2.45) is 0 Å². The molecule has 1 amide bonds. The molecule has 1 aliphatic rings. The van der Waals surface area contributed by atoms with Crippen molar-refractivity contribution in [3.05, 3.63) is 0 Å². The molecule has 17 heavy (non-hydrogen) atoms. The highest BCUT2D eigenvalue weighted by atomic mass is 19.4. The van der Waals surface area contributed by atoms with Gasteiger partial charge in [0, 0.05) is 19.1 Å². The number of hydrogen-bond acceptors (Lipinski definition) is 2. The normalized spacial score (nSPS) is 22.7.